The number of nitrogens with zero attached hydrogens (tertiary/aromatic N) is 1. The van der Waals surface area contributed by atoms with Crippen molar-refractivity contribution in [2.24, 2.45) is 5.41 Å². The summed E-state index contributed by atoms with van der Waals surface area (Å²) in [6.07, 6.45) is -1.15. The zero-order valence-corrected chi connectivity index (χ0v) is 11.9. The van der Waals surface area contributed by atoms with Gasteiger partial charge in [0.25, 0.3) is 0 Å². The molecule has 1 aromatic carbocycles. The number of hydrogen-bond acceptors (Lipinski definition) is 2. The van der Waals surface area contributed by atoms with E-state index in [1.807, 2.05) is 0 Å². The van der Waals surface area contributed by atoms with E-state index in [2.05, 4.69) is 18.7 Å². The minimum Gasteiger partial charge on any atom is -0.397 e. The fourth-order valence-corrected chi connectivity index (χ4v) is 2.68. The third-order valence-electron chi connectivity index (χ3n) is 4.04. The molecule has 0 saturated carbocycles. The topological polar surface area (TPSA) is 29.3 Å². The molecule has 2 nitrogen and oxygen atoms in total. The first-order chi connectivity index (χ1) is 9.19. The fraction of sp³-hybridized carbons (Fsp3) is 0.600. The molecule has 112 valence electrons. The smallest absolute Gasteiger partial charge is 0.397 e. The number of nitrogen functional groups attached to an aromatic ring is 1. The molecule has 1 heterocycles. The first kappa shape index (κ1) is 15.0. The van der Waals surface area contributed by atoms with Crippen molar-refractivity contribution in [3.8, 4) is 0 Å². The number of benzene rings is 1. The number of halogens is 3. The highest BCUT2D eigenvalue weighted by Gasteiger charge is 2.31. The van der Waals surface area contributed by atoms with Gasteiger partial charge in [-0.1, -0.05) is 13.8 Å². The van der Waals surface area contributed by atoms with Gasteiger partial charge in [0.05, 0.1) is 16.9 Å². The van der Waals surface area contributed by atoms with Crippen LogP contribution in [0.1, 0.15) is 38.7 Å². The van der Waals surface area contributed by atoms with Crippen LogP contribution in [-0.4, -0.2) is 13.1 Å². The van der Waals surface area contributed by atoms with Gasteiger partial charge < -0.3 is 10.6 Å². The van der Waals surface area contributed by atoms with Gasteiger partial charge in [0, 0.05) is 13.1 Å². The first-order valence-electron chi connectivity index (χ1n) is 6.91. The van der Waals surface area contributed by atoms with Gasteiger partial charge in [-0.2, -0.15) is 13.2 Å². The summed E-state index contributed by atoms with van der Waals surface area (Å²) >= 11 is 0. The van der Waals surface area contributed by atoms with E-state index in [0.717, 1.165) is 50.2 Å². The van der Waals surface area contributed by atoms with Crippen LogP contribution in [0.15, 0.2) is 18.2 Å². The van der Waals surface area contributed by atoms with Crippen molar-refractivity contribution < 1.29 is 13.2 Å². The Hall–Kier alpha value is -1.39. The lowest BCUT2D eigenvalue weighted by atomic mass is 9.85. The molecule has 2 N–H and O–H groups in total. The Morgan fingerprint density at radius 1 is 1.15 bits per heavy atom. The van der Waals surface area contributed by atoms with Crippen LogP contribution in [0.25, 0.3) is 0 Å². The molecule has 2 rings (SSSR count). The first-order valence-corrected chi connectivity index (χ1v) is 6.91. The minimum absolute atomic E-state index is 0.208. The summed E-state index contributed by atoms with van der Waals surface area (Å²) in [6.45, 7) is 6.14. The quantitative estimate of drug-likeness (QED) is 0.780. The lowest BCUT2D eigenvalue weighted by Gasteiger charge is -2.26. The maximum atomic E-state index is 12.6. The molecule has 20 heavy (non-hydrogen) atoms. The van der Waals surface area contributed by atoms with Gasteiger partial charge >= 0.3 is 6.18 Å². The molecule has 1 saturated heterocycles. The van der Waals surface area contributed by atoms with E-state index in [-0.39, 0.29) is 11.1 Å². The van der Waals surface area contributed by atoms with Gasteiger partial charge in [0.2, 0.25) is 0 Å². The molecular weight excluding hydrogens is 265 g/mol. The number of nitrogens with two attached hydrogens (primary N) is 1. The van der Waals surface area contributed by atoms with Gasteiger partial charge in [-0.25, -0.2) is 0 Å². The highest BCUT2D eigenvalue weighted by Crippen LogP contribution is 2.36. The van der Waals surface area contributed by atoms with Crippen LogP contribution in [0, 0.1) is 5.41 Å². The molecule has 0 unspecified atom stereocenters. The number of alkyl halides is 3. The second-order valence-electron chi connectivity index (χ2n) is 6.28. The van der Waals surface area contributed by atoms with Gasteiger partial charge in [0.15, 0.2) is 0 Å². The van der Waals surface area contributed by atoms with E-state index in [4.69, 9.17) is 5.73 Å². The monoisotopic (exact) mass is 286 g/mol. The van der Waals surface area contributed by atoms with Crippen LogP contribution in [0.4, 0.5) is 24.5 Å². The predicted molar refractivity (Wildman–Crippen MR) is 75.7 cm³/mol. The molecule has 0 spiro atoms. The maximum Gasteiger partial charge on any atom is 0.416 e. The van der Waals surface area contributed by atoms with Crippen LogP contribution in [0.3, 0.4) is 0 Å². The lowest BCUT2D eigenvalue weighted by Crippen LogP contribution is -2.26. The highest BCUT2D eigenvalue weighted by atomic mass is 19.4. The van der Waals surface area contributed by atoms with Crippen molar-refractivity contribution >= 4 is 11.4 Å². The van der Waals surface area contributed by atoms with Crippen molar-refractivity contribution in [1.82, 2.24) is 0 Å². The Bertz CT molecular complexity index is 480. The molecule has 0 atom stereocenters. The van der Waals surface area contributed by atoms with Crippen LogP contribution >= 0.6 is 0 Å². The molecule has 1 fully saturated rings. The summed E-state index contributed by atoms with van der Waals surface area (Å²) in [5.41, 5.74) is 6.35. The van der Waals surface area contributed by atoms with Crippen molar-refractivity contribution in [3.63, 3.8) is 0 Å². The third-order valence-corrected chi connectivity index (χ3v) is 4.04. The molecule has 0 radical (unpaired) electrons. The molecule has 1 aromatic rings. The Balaban J connectivity index is 2.21. The fourth-order valence-electron chi connectivity index (χ4n) is 2.68. The average molecular weight is 286 g/mol. The van der Waals surface area contributed by atoms with Gasteiger partial charge in [-0.15, -0.1) is 0 Å². The second kappa shape index (κ2) is 5.19. The zero-order valence-electron chi connectivity index (χ0n) is 11.9. The molecule has 1 aliphatic rings. The second-order valence-corrected chi connectivity index (χ2v) is 6.28. The summed E-state index contributed by atoms with van der Waals surface area (Å²) in [5, 5.41) is 0. The Morgan fingerprint density at radius 3 is 2.45 bits per heavy atom. The minimum atomic E-state index is -4.34. The van der Waals surface area contributed by atoms with Crippen LogP contribution in [0.5, 0.6) is 0 Å². The lowest BCUT2D eigenvalue weighted by molar-refractivity contribution is -0.137. The zero-order chi connectivity index (χ0) is 15.0. The largest absolute Gasteiger partial charge is 0.416 e. The maximum absolute atomic E-state index is 12.6. The van der Waals surface area contributed by atoms with Crippen LogP contribution < -0.4 is 10.6 Å². The summed E-state index contributed by atoms with van der Waals surface area (Å²) in [5.74, 6) is 0. The Kier molecular flexibility index (Phi) is 3.89. The van der Waals surface area contributed by atoms with E-state index >= 15 is 0 Å². The molecule has 5 heteroatoms. The standard InChI is InChI=1S/C15H21F3N2/c1-14(2)6-3-8-20(9-7-14)13-5-4-11(10-12(13)19)15(16,17)18/h4-5,10H,3,6-9,19H2,1-2H3. The third kappa shape index (κ3) is 3.38. The summed E-state index contributed by atoms with van der Waals surface area (Å²) in [4.78, 5) is 2.10. The van der Waals surface area contributed by atoms with Gasteiger partial charge in [0.1, 0.15) is 0 Å². The Morgan fingerprint density at radius 2 is 1.85 bits per heavy atom. The molecule has 0 aliphatic carbocycles. The number of hydrogen-bond donors (Lipinski definition) is 1. The highest BCUT2D eigenvalue weighted by molar-refractivity contribution is 5.68. The molecule has 0 bridgehead atoms. The normalized spacial score (nSPS) is 19.8. The summed E-state index contributed by atoms with van der Waals surface area (Å²) in [6, 6.07) is 3.64. The molecule has 0 amide bonds. The average Bonchev–Trinajstić information content (AvgIpc) is 2.49. The van der Waals surface area contributed by atoms with Crippen LogP contribution in [0.2, 0.25) is 0 Å². The van der Waals surface area contributed by atoms with Crippen molar-refractivity contribution in [2.45, 2.75) is 39.3 Å². The predicted octanol–water partition coefficient (Wildman–Crippen LogP) is 4.30. The van der Waals surface area contributed by atoms with Gasteiger partial charge in [-0.3, -0.25) is 0 Å². The Labute approximate surface area is 117 Å². The molecule has 0 aromatic heterocycles. The number of rotatable bonds is 1. The van der Waals surface area contributed by atoms with Crippen molar-refractivity contribution in [3.05, 3.63) is 23.8 Å². The van der Waals surface area contributed by atoms with E-state index in [1.54, 1.807) is 0 Å². The van der Waals surface area contributed by atoms with E-state index in [0.29, 0.717) is 0 Å². The molecule has 1 aliphatic heterocycles. The van der Waals surface area contributed by atoms with Crippen LogP contribution in [-0.2, 0) is 6.18 Å². The van der Waals surface area contributed by atoms with Crippen molar-refractivity contribution in [1.29, 1.82) is 0 Å². The van der Waals surface area contributed by atoms with Crippen molar-refractivity contribution in [2.75, 3.05) is 23.7 Å². The van der Waals surface area contributed by atoms with E-state index in [9.17, 15) is 13.2 Å². The number of anilines is 2. The SMILES string of the molecule is CC1(C)CCCN(c2ccc(C(F)(F)F)cc2N)CC1. The van der Waals surface area contributed by atoms with E-state index in [1.165, 1.54) is 6.07 Å². The molecular formula is C15H21F3N2. The summed E-state index contributed by atoms with van der Waals surface area (Å²) in [7, 11) is 0. The summed E-state index contributed by atoms with van der Waals surface area (Å²) < 4.78 is 37.9. The van der Waals surface area contributed by atoms with E-state index < -0.39 is 11.7 Å². The van der Waals surface area contributed by atoms with Gasteiger partial charge in [-0.05, 0) is 42.9 Å².